The number of ether oxygens (including phenoxy) is 1. The van der Waals surface area contributed by atoms with Crippen LogP contribution in [0.1, 0.15) is 25.8 Å². The molecule has 0 spiro atoms. The van der Waals surface area contributed by atoms with Gasteiger partial charge >= 0.3 is 0 Å². The largest absolute Gasteiger partial charge is 0.494 e. The van der Waals surface area contributed by atoms with Gasteiger partial charge in [-0.15, -0.1) is 0 Å². The second kappa shape index (κ2) is 9.46. The molecule has 0 atom stereocenters. The van der Waals surface area contributed by atoms with E-state index in [0.717, 1.165) is 22.7 Å². The molecule has 0 heterocycles. The Balaban J connectivity index is 1.90. The lowest BCUT2D eigenvalue weighted by Crippen LogP contribution is -2.21. The Morgan fingerprint density at radius 3 is 2.27 bits per heavy atom. The maximum atomic E-state index is 12.1. The zero-order chi connectivity index (χ0) is 18.9. The molecular weight excluding hydrogens is 330 g/mol. The fourth-order valence-electron chi connectivity index (χ4n) is 2.29. The van der Waals surface area contributed by atoms with E-state index in [9.17, 15) is 9.59 Å². The number of carbonyl (C=O) groups excluding carboxylic acids is 2. The standard InChI is InChI=1S/C20H25N3O3/c1-4-19(24)23-18-12-16(7-6-14(18)3)21-13-20(25)22-15-8-10-17(11-9-15)26-5-2/h6-12,21H,4-5,13H2,1-3H3,(H,22,25)(H,23,24). The van der Waals surface area contributed by atoms with E-state index in [-0.39, 0.29) is 18.4 Å². The molecule has 0 aromatic heterocycles. The minimum absolute atomic E-state index is 0.0431. The summed E-state index contributed by atoms with van der Waals surface area (Å²) in [6.45, 7) is 6.38. The number of amides is 2. The van der Waals surface area contributed by atoms with Gasteiger partial charge in [-0.05, 0) is 55.8 Å². The van der Waals surface area contributed by atoms with Crippen LogP contribution < -0.4 is 20.7 Å². The molecular formula is C20H25N3O3. The van der Waals surface area contributed by atoms with Crippen molar-refractivity contribution in [3.05, 3.63) is 48.0 Å². The molecule has 6 heteroatoms. The summed E-state index contributed by atoms with van der Waals surface area (Å²) in [4.78, 5) is 23.7. The molecule has 0 saturated heterocycles. The fourth-order valence-corrected chi connectivity index (χ4v) is 2.29. The van der Waals surface area contributed by atoms with E-state index in [1.54, 1.807) is 19.1 Å². The molecule has 26 heavy (non-hydrogen) atoms. The first-order valence-electron chi connectivity index (χ1n) is 8.69. The zero-order valence-electron chi connectivity index (χ0n) is 15.4. The van der Waals surface area contributed by atoms with E-state index >= 15 is 0 Å². The first-order chi connectivity index (χ1) is 12.5. The number of benzene rings is 2. The van der Waals surface area contributed by atoms with Crippen molar-refractivity contribution in [2.45, 2.75) is 27.2 Å². The Bertz CT molecular complexity index is 757. The van der Waals surface area contributed by atoms with Gasteiger partial charge in [-0.25, -0.2) is 0 Å². The van der Waals surface area contributed by atoms with Gasteiger partial charge < -0.3 is 20.7 Å². The highest BCUT2D eigenvalue weighted by atomic mass is 16.5. The van der Waals surface area contributed by atoms with Crippen LogP contribution in [0.5, 0.6) is 5.75 Å². The van der Waals surface area contributed by atoms with Gasteiger partial charge in [-0.2, -0.15) is 0 Å². The van der Waals surface area contributed by atoms with Gasteiger partial charge in [0.2, 0.25) is 11.8 Å². The molecule has 2 aromatic carbocycles. The van der Waals surface area contributed by atoms with Gasteiger partial charge in [0.25, 0.3) is 0 Å². The molecule has 138 valence electrons. The first kappa shape index (κ1) is 19.3. The normalized spacial score (nSPS) is 10.1. The number of hydrogen-bond acceptors (Lipinski definition) is 4. The van der Waals surface area contributed by atoms with Crippen LogP contribution in [0, 0.1) is 6.92 Å². The summed E-state index contributed by atoms with van der Waals surface area (Å²) in [6, 6.07) is 12.8. The Labute approximate surface area is 153 Å². The van der Waals surface area contributed by atoms with Crippen LogP contribution in [-0.2, 0) is 9.59 Å². The van der Waals surface area contributed by atoms with Gasteiger partial charge in [0.15, 0.2) is 0 Å². The van der Waals surface area contributed by atoms with E-state index in [1.165, 1.54) is 0 Å². The predicted octanol–water partition coefficient (Wildman–Crippen LogP) is 3.79. The van der Waals surface area contributed by atoms with Crippen LogP contribution >= 0.6 is 0 Å². The quantitative estimate of drug-likeness (QED) is 0.673. The molecule has 2 amide bonds. The number of anilines is 3. The van der Waals surface area contributed by atoms with Crippen molar-refractivity contribution < 1.29 is 14.3 Å². The van der Waals surface area contributed by atoms with Crippen LogP contribution in [0.2, 0.25) is 0 Å². The maximum Gasteiger partial charge on any atom is 0.243 e. The van der Waals surface area contributed by atoms with Crippen LogP contribution in [0.15, 0.2) is 42.5 Å². The monoisotopic (exact) mass is 355 g/mol. The number of nitrogens with one attached hydrogen (secondary N) is 3. The van der Waals surface area contributed by atoms with E-state index < -0.39 is 0 Å². The molecule has 6 nitrogen and oxygen atoms in total. The lowest BCUT2D eigenvalue weighted by molar-refractivity contribution is -0.116. The summed E-state index contributed by atoms with van der Waals surface area (Å²) in [6.07, 6.45) is 0.418. The van der Waals surface area contributed by atoms with Gasteiger partial charge in [0.05, 0.1) is 13.2 Å². The van der Waals surface area contributed by atoms with Crippen molar-refractivity contribution in [2.75, 3.05) is 29.1 Å². The van der Waals surface area contributed by atoms with Gasteiger partial charge in [-0.1, -0.05) is 13.0 Å². The van der Waals surface area contributed by atoms with E-state index in [2.05, 4.69) is 16.0 Å². The molecule has 0 bridgehead atoms. The van der Waals surface area contributed by atoms with Crippen LogP contribution in [0.4, 0.5) is 17.1 Å². The van der Waals surface area contributed by atoms with E-state index in [0.29, 0.717) is 18.7 Å². The fraction of sp³-hybridized carbons (Fsp3) is 0.300. The second-order valence-corrected chi connectivity index (χ2v) is 5.79. The third-order valence-corrected chi connectivity index (χ3v) is 3.73. The van der Waals surface area contributed by atoms with Crippen LogP contribution in [0.3, 0.4) is 0 Å². The minimum Gasteiger partial charge on any atom is -0.494 e. The molecule has 0 unspecified atom stereocenters. The number of rotatable bonds is 8. The third kappa shape index (κ3) is 5.81. The minimum atomic E-state index is -0.158. The number of hydrogen-bond donors (Lipinski definition) is 3. The molecule has 2 rings (SSSR count). The molecule has 0 aliphatic heterocycles. The topological polar surface area (TPSA) is 79.5 Å². The van der Waals surface area contributed by atoms with Gasteiger partial charge in [0.1, 0.15) is 5.75 Å². The molecule has 0 aliphatic rings. The Hall–Kier alpha value is -3.02. The molecule has 0 saturated carbocycles. The molecule has 3 N–H and O–H groups in total. The molecule has 0 radical (unpaired) electrons. The lowest BCUT2D eigenvalue weighted by Gasteiger charge is -2.12. The SMILES string of the molecule is CCOc1ccc(NC(=O)CNc2ccc(C)c(NC(=O)CC)c2)cc1. The smallest absolute Gasteiger partial charge is 0.243 e. The lowest BCUT2D eigenvalue weighted by atomic mass is 10.1. The summed E-state index contributed by atoms with van der Waals surface area (Å²) < 4.78 is 5.37. The Kier molecular flexibility index (Phi) is 7.02. The van der Waals surface area contributed by atoms with Gasteiger partial charge in [-0.3, -0.25) is 9.59 Å². The number of carbonyl (C=O) groups is 2. The average Bonchev–Trinajstić information content (AvgIpc) is 2.64. The molecule has 0 fully saturated rings. The van der Waals surface area contributed by atoms with Crippen molar-refractivity contribution in [1.82, 2.24) is 0 Å². The highest BCUT2D eigenvalue weighted by Crippen LogP contribution is 2.20. The highest BCUT2D eigenvalue weighted by Gasteiger charge is 2.06. The Morgan fingerprint density at radius 1 is 0.923 bits per heavy atom. The molecule has 2 aromatic rings. The average molecular weight is 355 g/mol. The third-order valence-electron chi connectivity index (χ3n) is 3.73. The Morgan fingerprint density at radius 2 is 1.62 bits per heavy atom. The summed E-state index contributed by atoms with van der Waals surface area (Å²) >= 11 is 0. The predicted molar refractivity (Wildman–Crippen MR) is 105 cm³/mol. The molecule has 0 aliphatic carbocycles. The van der Waals surface area contributed by atoms with E-state index in [1.807, 2.05) is 44.2 Å². The van der Waals surface area contributed by atoms with Crippen molar-refractivity contribution in [2.24, 2.45) is 0 Å². The summed E-state index contributed by atoms with van der Waals surface area (Å²) in [7, 11) is 0. The van der Waals surface area contributed by atoms with Crippen LogP contribution in [0.25, 0.3) is 0 Å². The second-order valence-electron chi connectivity index (χ2n) is 5.79. The highest BCUT2D eigenvalue weighted by molar-refractivity contribution is 5.94. The van der Waals surface area contributed by atoms with Crippen molar-refractivity contribution in [1.29, 1.82) is 0 Å². The summed E-state index contributed by atoms with van der Waals surface area (Å²) in [5.41, 5.74) is 3.19. The van der Waals surface area contributed by atoms with Crippen LogP contribution in [-0.4, -0.2) is 25.0 Å². The van der Waals surface area contributed by atoms with Crippen molar-refractivity contribution in [3.63, 3.8) is 0 Å². The van der Waals surface area contributed by atoms with Gasteiger partial charge in [0, 0.05) is 23.5 Å². The van der Waals surface area contributed by atoms with Crippen molar-refractivity contribution in [3.8, 4) is 5.75 Å². The van der Waals surface area contributed by atoms with E-state index in [4.69, 9.17) is 4.74 Å². The van der Waals surface area contributed by atoms with Crippen molar-refractivity contribution >= 4 is 28.9 Å². The summed E-state index contributed by atoms with van der Waals surface area (Å²) in [5.74, 6) is 0.567. The maximum absolute atomic E-state index is 12.1. The zero-order valence-corrected chi connectivity index (χ0v) is 15.4. The number of aryl methyl sites for hydroxylation is 1. The summed E-state index contributed by atoms with van der Waals surface area (Å²) in [5, 5.41) is 8.74. The first-order valence-corrected chi connectivity index (χ1v) is 8.69.